The summed E-state index contributed by atoms with van der Waals surface area (Å²) in [5, 5.41) is 11.4. The standard InChI is InChI=1S/C13H22N4O2S2/c1-4-7-15-13(16-8-10(2)3)17-9-11-5-6-12(20-11)21(14,18)19/h4-6,10H,1,7-9H2,2-3H3,(H2,14,18,19)(H2,15,16,17). The Morgan fingerprint density at radius 1 is 1.48 bits per heavy atom. The molecule has 0 radical (unpaired) electrons. The molecule has 1 aromatic rings. The Morgan fingerprint density at radius 2 is 2.19 bits per heavy atom. The Kier molecular flexibility index (Phi) is 6.86. The second-order valence-electron chi connectivity index (χ2n) is 4.87. The Morgan fingerprint density at radius 3 is 2.71 bits per heavy atom. The fourth-order valence-corrected chi connectivity index (χ4v) is 3.10. The first kappa shape index (κ1) is 17.7. The summed E-state index contributed by atoms with van der Waals surface area (Å²) in [6, 6.07) is 3.23. The van der Waals surface area contributed by atoms with Crippen LogP contribution in [0.2, 0.25) is 0 Å². The second kappa shape index (κ2) is 8.16. The van der Waals surface area contributed by atoms with Crippen LogP contribution in [0.4, 0.5) is 0 Å². The molecule has 0 aliphatic heterocycles. The molecule has 118 valence electrons. The third-order valence-electron chi connectivity index (χ3n) is 2.40. The highest BCUT2D eigenvalue weighted by Crippen LogP contribution is 2.20. The van der Waals surface area contributed by atoms with Crippen LogP contribution in [-0.4, -0.2) is 27.5 Å². The van der Waals surface area contributed by atoms with Gasteiger partial charge in [-0.25, -0.2) is 18.5 Å². The molecule has 0 aliphatic carbocycles. The average Bonchev–Trinajstić information content (AvgIpc) is 2.86. The van der Waals surface area contributed by atoms with Crippen LogP contribution in [0.1, 0.15) is 18.7 Å². The molecule has 8 heteroatoms. The van der Waals surface area contributed by atoms with E-state index >= 15 is 0 Å². The zero-order valence-electron chi connectivity index (χ0n) is 12.3. The van der Waals surface area contributed by atoms with Gasteiger partial charge in [0.25, 0.3) is 0 Å². The van der Waals surface area contributed by atoms with E-state index in [2.05, 4.69) is 36.1 Å². The number of hydrogen-bond donors (Lipinski definition) is 3. The van der Waals surface area contributed by atoms with Gasteiger partial charge in [-0.1, -0.05) is 19.9 Å². The monoisotopic (exact) mass is 330 g/mol. The van der Waals surface area contributed by atoms with E-state index in [-0.39, 0.29) is 4.21 Å². The maximum Gasteiger partial charge on any atom is 0.247 e. The SMILES string of the molecule is C=CCNC(=NCc1ccc(S(N)(=O)=O)s1)NCC(C)C. The molecule has 4 N–H and O–H groups in total. The van der Waals surface area contributed by atoms with Gasteiger partial charge in [0.05, 0.1) is 6.54 Å². The van der Waals surface area contributed by atoms with Gasteiger partial charge in [0.15, 0.2) is 5.96 Å². The molecular weight excluding hydrogens is 308 g/mol. The Labute approximate surface area is 130 Å². The number of nitrogens with two attached hydrogens (primary N) is 1. The van der Waals surface area contributed by atoms with Gasteiger partial charge >= 0.3 is 0 Å². The first-order valence-electron chi connectivity index (χ1n) is 6.57. The van der Waals surface area contributed by atoms with E-state index in [1.54, 1.807) is 12.1 Å². The van der Waals surface area contributed by atoms with Crippen molar-refractivity contribution in [1.82, 2.24) is 10.6 Å². The van der Waals surface area contributed by atoms with Crippen molar-refractivity contribution in [2.45, 2.75) is 24.6 Å². The van der Waals surface area contributed by atoms with Crippen LogP contribution in [0.25, 0.3) is 0 Å². The van der Waals surface area contributed by atoms with E-state index in [1.165, 1.54) is 6.07 Å². The smallest absolute Gasteiger partial charge is 0.247 e. The second-order valence-corrected chi connectivity index (χ2v) is 7.83. The molecular formula is C13H22N4O2S2. The van der Waals surface area contributed by atoms with Crippen LogP contribution < -0.4 is 15.8 Å². The van der Waals surface area contributed by atoms with Gasteiger partial charge < -0.3 is 10.6 Å². The minimum atomic E-state index is -3.63. The highest BCUT2D eigenvalue weighted by Gasteiger charge is 2.11. The van der Waals surface area contributed by atoms with Gasteiger partial charge in [0, 0.05) is 18.0 Å². The van der Waals surface area contributed by atoms with Crippen molar-refractivity contribution in [3.63, 3.8) is 0 Å². The van der Waals surface area contributed by atoms with Crippen LogP contribution in [0.5, 0.6) is 0 Å². The first-order chi connectivity index (χ1) is 9.82. The largest absolute Gasteiger partial charge is 0.356 e. The summed E-state index contributed by atoms with van der Waals surface area (Å²) >= 11 is 1.13. The summed E-state index contributed by atoms with van der Waals surface area (Å²) in [6.07, 6.45) is 1.75. The third-order valence-corrected chi connectivity index (χ3v) is 4.91. The fourth-order valence-electron chi connectivity index (χ4n) is 1.40. The van der Waals surface area contributed by atoms with Crippen molar-refractivity contribution in [1.29, 1.82) is 0 Å². The molecule has 0 saturated heterocycles. The lowest BCUT2D eigenvalue weighted by molar-refractivity contribution is 0.600. The Hall–Kier alpha value is -1.38. The molecule has 0 fully saturated rings. The van der Waals surface area contributed by atoms with Crippen LogP contribution in [0, 0.1) is 5.92 Å². The minimum absolute atomic E-state index is 0.156. The molecule has 0 atom stereocenters. The molecule has 1 heterocycles. The van der Waals surface area contributed by atoms with Crippen molar-refractivity contribution in [3.8, 4) is 0 Å². The molecule has 1 aromatic heterocycles. The summed E-state index contributed by atoms with van der Waals surface area (Å²) in [5.74, 6) is 1.17. The Balaban J connectivity index is 2.71. The molecule has 0 amide bonds. The van der Waals surface area contributed by atoms with E-state index in [0.29, 0.717) is 25.0 Å². The first-order valence-corrected chi connectivity index (χ1v) is 8.93. The molecule has 0 saturated carbocycles. The van der Waals surface area contributed by atoms with Crippen molar-refractivity contribution < 1.29 is 8.42 Å². The van der Waals surface area contributed by atoms with Gasteiger partial charge in [-0.15, -0.1) is 17.9 Å². The van der Waals surface area contributed by atoms with E-state index in [9.17, 15) is 8.42 Å². The molecule has 0 bridgehead atoms. The molecule has 6 nitrogen and oxygen atoms in total. The van der Waals surface area contributed by atoms with Gasteiger partial charge in [0.2, 0.25) is 10.0 Å². The molecule has 0 spiro atoms. The van der Waals surface area contributed by atoms with Crippen LogP contribution in [0.15, 0.2) is 34.0 Å². The Bertz CT molecular complexity index is 591. The van der Waals surface area contributed by atoms with Gasteiger partial charge in [-0.3, -0.25) is 0 Å². The number of primary sulfonamides is 1. The third kappa shape index (κ3) is 6.74. The van der Waals surface area contributed by atoms with Crippen LogP contribution in [-0.2, 0) is 16.6 Å². The lowest BCUT2D eigenvalue weighted by atomic mass is 10.2. The van der Waals surface area contributed by atoms with Crippen molar-refractivity contribution in [3.05, 3.63) is 29.7 Å². The van der Waals surface area contributed by atoms with Gasteiger partial charge in [0.1, 0.15) is 4.21 Å². The van der Waals surface area contributed by atoms with Gasteiger partial charge in [-0.05, 0) is 18.1 Å². The number of nitrogens with zero attached hydrogens (tertiary/aromatic N) is 1. The van der Waals surface area contributed by atoms with Crippen molar-refractivity contribution in [2.24, 2.45) is 16.0 Å². The average molecular weight is 330 g/mol. The lowest BCUT2D eigenvalue weighted by Crippen LogP contribution is -2.39. The van der Waals surface area contributed by atoms with E-state index in [1.807, 2.05) is 0 Å². The summed E-state index contributed by atoms with van der Waals surface area (Å²) in [7, 11) is -3.63. The van der Waals surface area contributed by atoms with E-state index in [4.69, 9.17) is 5.14 Å². The highest BCUT2D eigenvalue weighted by atomic mass is 32.2. The fraction of sp³-hybridized carbons (Fsp3) is 0.462. The molecule has 0 aliphatic rings. The van der Waals surface area contributed by atoms with Crippen molar-refractivity contribution >= 4 is 27.3 Å². The number of aliphatic imine (C=N–C) groups is 1. The number of guanidine groups is 1. The normalized spacial score (nSPS) is 12.5. The van der Waals surface area contributed by atoms with Crippen molar-refractivity contribution in [2.75, 3.05) is 13.1 Å². The predicted octanol–water partition coefficient (Wildman–Crippen LogP) is 1.27. The lowest BCUT2D eigenvalue weighted by Gasteiger charge is -2.12. The summed E-state index contributed by atoms with van der Waals surface area (Å²) < 4.78 is 22.6. The topological polar surface area (TPSA) is 96.6 Å². The summed E-state index contributed by atoms with van der Waals surface area (Å²) in [6.45, 7) is 9.67. The highest BCUT2D eigenvalue weighted by molar-refractivity contribution is 7.91. The van der Waals surface area contributed by atoms with Crippen LogP contribution in [0.3, 0.4) is 0 Å². The van der Waals surface area contributed by atoms with E-state index in [0.717, 1.165) is 22.8 Å². The minimum Gasteiger partial charge on any atom is -0.356 e. The molecule has 0 aromatic carbocycles. The van der Waals surface area contributed by atoms with E-state index < -0.39 is 10.0 Å². The quantitative estimate of drug-likeness (QED) is 0.398. The zero-order chi connectivity index (χ0) is 15.9. The maximum atomic E-state index is 11.2. The van der Waals surface area contributed by atoms with Crippen LogP contribution >= 0.6 is 11.3 Å². The number of rotatable bonds is 7. The molecule has 1 rings (SSSR count). The number of nitrogens with one attached hydrogen (secondary N) is 2. The van der Waals surface area contributed by atoms with Gasteiger partial charge in [-0.2, -0.15) is 0 Å². The summed E-state index contributed by atoms with van der Waals surface area (Å²) in [5.41, 5.74) is 0. The maximum absolute atomic E-state index is 11.2. The molecule has 0 unspecified atom stereocenters. The number of thiophene rings is 1. The molecule has 21 heavy (non-hydrogen) atoms. The zero-order valence-corrected chi connectivity index (χ0v) is 13.9. The number of hydrogen-bond acceptors (Lipinski definition) is 4. The summed E-state index contributed by atoms with van der Waals surface area (Å²) in [4.78, 5) is 5.26. The number of sulfonamides is 1. The predicted molar refractivity (Wildman–Crippen MR) is 87.9 cm³/mol.